The van der Waals surface area contributed by atoms with Crippen LogP contribution in [0.5, 0.6) is 0 Å². The quantitative estimate of drug-likeness (QED) is 0.0491. The van der Waals surface area contributed by atoms with Crippen molar-refractivity contribution in [2.45, 2.75) is 200 Å². The summed E-state index contributed by atoms with van der Waals surface area (Å²) in [7, 11) is 0. The highest BCUT2D eigenvalue weighted by atomic mass is 19.1. The molecule has 4 heterocycles. The molecule has 0 radical (unpaired) electrons. The minimum Gasteiger partial charge on any atom is -0.480 e. The zero-order chi connectivity index (χ0) is 68.7. The number of nitrogens with zero attached hydrogens (tertiary/aromatic N) is 4. The van der Waals surface area contributed by atoms with Gasteiger partial charge in [-0.25, -0.2) is 13.6 Å². The predicted molar refractivity (Wildman–Crippen MR) is 375 cm³/mol. The van der Waals surface area contributed by atoms with Crippen LogP contribution in [0.3, 0.4) is 0 Å². The van der Waals surface area contributed by atoms with Crippen molar-refractivity contribution < 1.29 is 42.5 Å². The van der Waals surface area contributed by atoms with E-state index in [0.29, 0.717) is 35.1 Å². The lowest BCUT2D eigenvalue weighted by Crippen LogP contribution is -2.38. The highest BCUT2D eigenvalue weighted by Gasteiger charge is 2.32. The number of carboxylic acids is 1. The average molecular weight is 1300 g/mol. The molecule has 0 amide bonds. The molecule has 16 heteroatoms. The summed E-state index contributed by atoms with van der Waals surface area (Å²) >= 11 is 0. The zero-order valence-electron chi connectivity index (χ0n) is 58.2. The van der Waals surface area contributed by atoms with Gasteiger partial charge in [0, 0.05) is 61.6 Å². The SMILES string of the molecule is C.CCOC(=O)C[C@H](CC(=O)C(CC(C)C)n1cc(CCN2CCC2)c(C)cc1=O)c1cc(-c2c(C)cc(C)cc2C)cc(C)c1F.CCOC(=O)C[C@H](N)c1cc(-c2c(C)cc(C)cc2C)cc(C)c1F.Cc1cc(=O)n(C(CC(C)C)C(=O)O)cc1CCN1CCC1. The molecule has 2 saturated heterocycles. The smallest absolute Gasteiger partial charge is 0.326 e. The molecule has 8 rings (SSSR count). The van der Waals surface area contributed by atoms with Crippen LogP contribution in [0.2, 0.25) is 0 Å². The maximum atomic E-state index is 16.1. The van der Waals surface area contributed by atoms with Crippen molar-refractivity contribution in [3.63, 3.8) is 0 Å². The topological polar surface area (TPSA) is 183 Å². The Kier molecular flexibility index (Phi) is 29.1. The summed E-state index contributed by atoms with van der Waals surface area (Å²) in [4.78, 5) is 80.8. The lowest BCUT2D eigenvalue weighted by Gasteiger charge is -2.31. The van der Waals surface area contributed by atoms with Crippen LogP contribution in [-0.2, 0) is 41.5 Å². The summed E-state index contributed by atoms with van der Waals surface area (Å²) in [6.07, 6.45) is 8.41. The summed E-state index contributed by atoms with van der Waals surface area (Å²) < 4.78 is 43.9. The van der Waals surface area contributed by atoms with Gasteiger partial charge in [0.15, 0.2) is 5.78 Å². The van der Waals surface area contributed by atoms with Crippen molar-refractivity contribution >= 4 is 23.7 Å². The van der Waals surface area contributed by atoms with Crippen molar-refractivity contribution in [2.75, 3.05) is 52.5 Å². The molecule has 3 N–H and O–H groups in total. The van der Waals surface area contributed by atoms with Crippen LogP contribution in [0.15, 0.2) is 82.6 Å². The van der Waals surface area contributed by atoms with Crippen LogP contribution >= 0.6 is 0 Å². The molecular formula is C78H107F2N5O9. The largest absolute Gasteiger partial charge is 0.480 e. The molecular weight excluding hydrogens is 1190 g/mol. The van der Waals surface area contributed by atoms with E-state index in [2.05, 4.69) is 41.0 Å². The molecule has 0 spiro atoms. The van der Waals surface area contributed by atoms with E-state index in [0.717, 1.165) is 124 Å². The van der Waals surface area contributed by atoms with Crippen LogP contribution in [0.4, 0.5) is 8.78 Å². The van der Waals surface area contributed by atoms with Crippen molar-refractivity contribution in [2.24, 2.45) is 17.6 Å². The van der Waals surface area contributed by atoms with E-state index < -0.39 is 47.8 Å². The van der Waals surface area contributed by atoms with Gasteiger partial charge in [0.1, 0.15) is 17.7 Å². The maximum absolute atomic E-state index is 16.1. The van der Waals surface area contributed by atoms with Crippen molar-refractivity contribution in [1.29, 1.82) is 0 Å². The summed E-state index contributed by atoms with van der Waals surface area (Å²) in [5, 5.41) is 9.46. The van der Waals surface area contributed by atoms with E-state index in [1.807, 2.05) is 94.5 Å². The van der Waals surface area contributed by atoms with Crippen molar-refractivity contribution in [1.82, 2.24) is 18.9 Å². The Morgan fingerprint density at radius 3 is 1.29 bits per heavy atom. The highest BCUT2D eigenvalue weighted by molar-refractivity contribution is 5.85. The lowest BCUT2D eigenvalue weighted by atomic mass is 9.83. The summed E-state index contributed by atoms with van der Waals surface area (Å²) in [5.41, 5.74) is 21.9. The number of nitrogens with two attached hydrogens (primary N) is 1. The Bertz CT molecular complexity index is 3700. The first-order chi connectivity index (χ1) is 43.9. The first-order valence-electron chi connectivity index (χ1n) is 33.4. The van der Waals surface area contributed by atoms with Gasteiger partial charge in [0.2, 0.25) is 0 Å². The number of benzene rings is 4. The van der Waals surface area contributed by atoms with Crippen LogP contribution in [0.25, 0.3) is 22.3 Å². The standard InChI is InChI=1S/C39H51FN2O4.C21H26FNO2.C17H26N2O3.CH4/c1-9-46-37(45)22-31(33-20-32(18-29(8)39(33)40)38-27(6)16-25(4)17-28(38)7)21-35(43)34(15-24(2)3)42-23-30(26(5)19-36(42)44)11-14-41-12-10-13-41;1-6-25-19(24)11-18(23)17-10-16(9-15(5)21(17)22)20-13(3)7-12(2)8-14(20)4;1-12(2)9-15(17(21)22)19-11-14(13(3)10-16(19)20)5-8-18-6-4-7-18;/h16-20,23-24,31,34H,9-15,21-22H2,1-8H3;7-10,18H,6,11,23H2,1-5H3;10-12,15H,4-9H2,1-3H3,(H,21,22);1H4/t31-,34?;18-;;/m00../s1. The average Bonchev–Trinajstić information content (AvgIpc) is 0.812. The molecule has 2 aliphatic rings. The number of hydrogen-bond acceptors (Lipinski definition) is 11. The number of likely N-dealkylation sites (tertiary alicyclic amines) is 2. The molecule has 94 heavy (non-hydrogen) atoms. The number of aliphatic carboxylic acids is 1. The lowest BCUT2D eigenvalue weighted by molar-refractivity contribution is -0.144. The molecule has 0 bridgehead atoms. The Morgan fingerprint density at radius 1 is 0.521 bits per heavy atom. The number of pyridine rings is 2. The summed E-state index contributed by atoms with van der Waals surface area (Å²) in [6, 6.07) is 16.6. The molecule has 0 saturated carbocycles. The van der Waals surface area contributed by atoms with Gasteiger partial charge in [0.05, 0.1) is 32.1 Å². The molecule has 2 unspecified atom stereocenters. The number of carbonyl (C=O) groups excluding carboxylic acids is 3. The number of esters is 2. The number of carboxylic acid groups (broad SMARTS) is 1. The molecule has 512 valence electrons. The van der Waals surface area contributed by atoms with Gasteiger partial charge in [-0.15, -0.1) is 0 Å². The Labute approximate surface area is 558 Å². The molecule has 4 atom stereocenters. The second-order valence-electron chi connectivity index (χ2n) is 26.9. The van der Waals surface area contributed by atoms with Gasteiger partial charge < -0.3 is 39.2 Å². The Balaban J connectivity index is 0.000000280. The third-order valence-electron chi connectivity index (χ3n) is 18.0. The predicted octanol–water partition coefficient (Wildman–Crippen LogP) is 15.1. The maximum Gasteiger partial charge on any atom is 0.326 e. The minimum absolute atomic E-state index is 0. The monoisotopic (exact) mass is 1300 g/mol. The number of hydrogen-bond donors (Lipinski definition) is 2. The molecule has 14 nitrogen and oxygen atoms in total. The van der Waals surface area contributed by atoms with Crippen molar-refractivity contribution in [3.05, 3.63) is 183 Å². The number of ketones is 1. The highest BCUT2D eigenvalue weighted by Crippen LogP contribution is 2.38. The number of aryl methyl sites for hydroxylation is 10. The number of ether oxygens (including phenoxy) is 2. The summed E-state index contributed by atoms with van der Waals surface area (Å²) in [5.74, 6) is -3.20. The van der Waals surface area contributed by atoms with Gasteiger partial charge in [0.25, 0.3) is 11.1 Å². The second-order valence-corrected chi connectivity index (χ2v) is 26.9. The molecule has 6 aromatic rings. The molecule has 4 aromatic carbocycles. The summed E-state index contributed by atoms with van der Waals surface area (Å²) in [6.45, 7) is 37.9. The molecule has 2 fully saturated rings. The van der Waals surface area contributed by atoms with Gasteiger partial charge in [-0.1, -0.05) is 70.5 Å². The second kappa shape index (κ2) is 35.4. The number of carbonyl (C=O) groups is 4. The fourth-order valence-electron chi connectivity index (χ4n) is 13.1. The van der Waals surface area contributed by atoms with E-state index in [1.165, 1.54) is 23.0 Å². The van der Waals surface area contributed by atoms with E-state index in [9.17, 15) is 38.3 Å². The van der Waals surface area contributed by atoms with Gasteiger partial charge >= 0.3 is 17.9 Å². The van der Waals surface area contributed by atoms with Crippen LogP contribution in [0, 0.1) is 92.7 Å². The third kappa shape index (κ3) is 20.8. The zero-order valence-corrected chi connectivity index (χ0v) is 58.2. The fourth-order valence-corrected chi connectivity index (χ4v) is 13.1. The van der Waals surface area contributed by atoms with Gasteiger partial charge in [-0.05, 0) is 267 Å². The Morgan fingerprint density at radius 2 is 0.904 bits per heavy atom. The first-order valence-corrected chi connectivity index (χ1v) is 33.4. The van der Waals surface area contributed by atoms with Gasteiger partial charge in [-0.3, -0.25) is 24.0 Å². The normalized spacial score (nSPS) is 14.3. The molecule has 2 aliphatic heterocycles. The van der Waals surface area contributed by atoms with Crippen LogP contribution in [0.1, 0.15) is 196 Å². The van der Waals surface area contributed by atoms with E-state index in [4.69, 9.17) is 15.2 Å². The number of rotatable bonds is 26. The third-order valence-corrected chi connectivity index (χ3v) is 18.0. The number of Topliss-reactive ketones (excluding diaryl/α,β-unsaturated/α-hetero) is 1. The van der Waals surface area contributed by atoms with Crippen LogP contribution < -0.4 is 16.9 Å². The van der Waals surface area contributed by atoms with Gasteiger partial charge in [-0.2, -0.15) is 0 Å². The molecule has 2 aromatic heterocycles. The van der Waals surface area contributed by atoms with Crippen molar-refractivity contribution in [3.8, 4) is 22.3 Å². The minimum atomic E-state index is -0.937. The van der Waals surface area contributed by atoms with E-state index in [1.54, 1.807) is 62.7 Å². The first kappa shape index (κ1) is 77.3. The Hall–Kier alpha value is -7.40. The van der Waals surface area contributed by atoms with Crippen LogP contribution in [-0.4, -0.2) is 100 Å². The number of halogens is 2. The number of aromatic nitrogens is 2. The molecule has 0 aliphatic carbocycles. The van der Waals surface area contributed by atoms with E-state index in [-0.39, 0.29) is 74.5 Å². The van der Waals surface area contributed by atoms with E-state index >= 15 is 4.39 Å². The fraction of sp³-hybridized carbons (Fsp3) is 0.513.